The van der Waals surface area contributed by atoms with Crippen molar-refractivity contribution in [3.63, 3.8) is 0 Å². The van der Waals surface area contributed by atoms with Crippen LogP contribution in [0.15, 0.2) is 48.9 Å². The van der Waals surface area contributed by atoms with Crippen molar-refractivity contribution in [3.8, 4) is 0 Å². The van der Waals surface area contributed by atoms with Gasteiger partial charge >= 0.3 is 5.97 Å². The van der Waals surface area contributed by atoms with E-state index in [0.717, 1.165) is 10.9 Å². The number of carbonyl (C=O) groups excluding carboxylic acids is 1. The molecule has 8 heteroatoms. The molecule has 1 atom stereocenters. The van der Waals surface area contributed by atoms with Crippen molar-refractivity contribution in [3.05, 3.63) is 54.5 Å². The van der Waals surface area contributed by atoms with Gasteiger partial charge in [0.25, 0.3) is 5.91 Å². The molecule has 0 unspecified atom stereocenters. The molecule has 4 rings (SSSR count). The molecule has 1 saturated heterocycles. The second kappa shape index (κ2) is 6.71. The lowest BCUT2D eigenvalue weighted by molar-refractivity contribution is -0.142. The topological polar surface area (TPSA) is 91.6 Å². The van der Waals surface area contributed by atoms with Crippen LogP contribution in [0.1, 0.15) is 10.4 Å². The molecule has 3 heterocycles. The maximum atomic E-state index is 13.2. The van der Waals surface area contributed by atoms with E-state index in [9.17, 15) is 14.7 Å². The van der Waals surface area contributed by atoms with Gasteiger partial charge in [0.15, 0.2) is 0 Å². The second-order valence-corrected chi connectivity index (χ2v) is 6.52. The molecule has 0 saturated carbocycles. The Kier molecular flexibility index (Phi) is 4.23. The van der Waals surface area contributed by atoms with Gasteiger partial charge in [-0.2, -0.15) is 0 Å². The van der Waals surface area contributed by atoms with Crippen molar-refractivity contribution in [1.82, 2.24) is 19.4 Å². The zero-order chi connectivity index (χ0) is 19.0. The van der Waals surface area contributed by atoms with Gasteiger partial charge in [-0.05, 0) is 12.1 Å². The highest BCUT2D eigenvalue weighted by atomic mass is 16.4. The molecule has 0 spiro atoms. The molecule has 2 aromatic heterocycles. The maximum Gasteiger partial charge on any atom is 0.328 e. The number of hydrogen-bond donors (Lipinski definition) is 1. The second-order valence-electron chi connectivity index (χ2n) is 6.52. The lowest BCUT2D eigenvalue weighted by atomic mass is 10.1. The van der Waals surface area contributed by atoms with Gasteiger partial charge in [-0.1, -0.05) is 18.2 Å². The lowest BCUT2D eigenvalue weighted by Gasteiger charge is -2.39. The predicted octanol–water partition coefficient (Wildman–Crippen LogP) is 1.38. The third kappa shape index (κ3) is 2.99. The van der Waals surface area contributed by atoms with Crippen LogP contribution in [0.2, 0.25) is 0 Å². The van der Waals surface area contributed by atoms with E-state index in [1.54, 1.807) is 29.6 Å². The van der Waals surface area contributed by atoms with E-state index in [0.29, 0.717) is 18.1 Å². The minimum atomic E-state index is -1.04. The van der Waals surface area contributed by atoms with Crippen LogP contribution in [-0.4, -0.2) is 62.1 Å². The number of carboxylic acids is 1. The van der Waals surface area contributed by atoms with E-state index in [4.69, 9.17) is 0 Å². The molecule has 0 radical (unpaired) electrons. The van der Waals surface area contributed by atoms with Crippen LogP contribution in [0.25, 0.3) is 10.9 Å². The molecule has 1 aliphatic rings. The molecule has 0 aliphatic carbocycles. The molecule has 8 nitrogen and oxygen atoms in total. The average Bonchev–Trinajstić information content (AvgIpc) is 3.04. The first-order valence-electron chi connectivity index (χ1n) is 8.66. The number of nitrogens with zero attached hydrogens (tertiary/aromatic N) is 5. The van der Waals surface area contributed by atoms with Crippen molar-refractivity contribution in [2.24, 2.45) is 7.05 Å². The molecule has 27 heavy (non-hydrogen) atoms. The van der Waals surface area contributed by atoms with Gasteiger partial charge in [0, 0.05) is 49.6 Å². The summed E-state index contributed by atoms with van der Waals surface area (Å²) in [5.41, 5.74) is 1.45. The summed E-state index contributed by atoms with van der Waals surface area (Å²) < 4.78 is 1.88. The number of carbonyl (C=O) groups is 2. The largest absolute Gasteiger partial charge is 0.480 e. The summed E-state index contributed by atoms with van der Waals surface area (Å²) in [5, 5.41) is 10.5. The lowest BCUT2D eigenvalue weighted by Crippen LogP contribution is -2.58. The highest BCUT2D eigenvalue weighted by Crippen LogP contribution is 2.24. The normalized spacial score (nSPS) is 17.3. The van der Waals surface area contributed by atoms with E-state index in [1.807, 2.05) is 35.9 Å². The number of fused-ring (bicyclic) bond motifs is 1. The number of benzene rings is 1. The highest BCUT2D eigenvalue weighted by Gasteiger charge is 2.37. The van der Waals surface area contributed by atoms with E-state index >= 15 is 0 Å². The van der Waals surface area contributed by atoms with Gasteiger partial charge in [-0.3, -0.25) is 4.79 Å². The van der Waals surface area contributed by atoms with Crippen LogP contribution in [-0.2, 0) is 11.8 Å². The molecule has 0 bridgehead atoms. The third-order valence-corrected chi connectivity index (χ3v) is 4.89. The number of aryl methyl sites for hydroxylation is 1. The van der Waals surface area contributed by atoms with Crippen LogP contribution in [0, 0.1) is 0 Å². The number of hydrogen-bond acceptors (Lipinski definition) is 5. The SMILES string of the molecule is Cn1cc(C(=O)N2CCN(c3ncccn3)C[C@@H]2C(=O)O)c2ccccc21. The average molecular weight is 365 g/mol. The minimum absolute atomic E-state index is 0.149. The van der Waals surface area contributed by atoms with Crippen molar-refractivity contribution in [2.75, 3.05) is 24.5 Å². The Morgan fingerprint density at radius 3 is 2.59 bits per heavy atom. The Labute approximate surface area is 155 Å². The van der Waals surface area contributed by atoms with Crippen LogP contribution >= 0.6 is 0 Å². The summed E-state index contributed by atoms with van der Waals surface area (Å²) in [6.45, 7) is 0.914. The molecule has 1 aromatic carbocycles. The van der Waals surface area contributed by atoms with Gasteiger partial charge in [-0.25, -0.2) is 14.8 Å². The standard InChI is InChI=1S/C19H19N5O3/c1-22-11-14(13-5-2-3-6-15(13)22)17(25)24-10-9-23(12-16(24)18(26)27)19-20-7-4-8-21-19/h2-8,11,16H,9-10,12H2,1H3,(H,26,27)/t16-/m1/s1. The van der Waals surface area contributed by atoms with Gasteiger partial charge in [0.2, 0.25) is 5.95 Å². The number of aromatic nitrogens is 3. The van der Waals surface area contributed by atoms with Gasteiger partial charge < -0.3 is 19.5 Å². The Morgan fingerprint density at radius 1 is 1.11 bits per heavy atom. The first-order valence-corrected chi connectivity index (χ1v) is 8.66. The number of aliphatic carboxylic acids is 1. The van der Waals surface area contributed by atoms with Crippen LogP contribution < -0.4 is 4.90 Å². The number of rotatable bonds is 3. The van der Waals surface area contributed by atoms with Gasteiger partial charge in [-0.15, -0.1) is 0 Å². The molecule has 1 N–H and O–H groups in total. The molecule has 1 aliphatic heterocycles. The summed E-state index contributed by atoms with van der Waals surface area (Å²) in [6.07, 6.45) is 5.00. The predicted molar refractivity (Wildman–Crippen MR) is 99.6 cm³/mol. The van der Waals surface area contributed by atoms with Crippen LogP contribution in [0.4, 0.5) is 5.95 Å². The summed E-state index contributed by atoms with van der Waals surface area (Å²) in [5.74, 6) is -0.835. The highest BCUT2D eigenvalue weighted by molar-refractivity contribution is 6.08. The first kappa shape index (κ1) is 17.0. The molecule has 3 aromatic rings. The molecule has 138 valence electrons. The summed E-state index contributed by atoms with van der Waals surface area (Å²) in [4.78, 5) is 36.7. The van der Waals surface area contributed by atoms with Crippen LogP contribution in [0.3, 0.4) is 0 Å². The van der Waals surface area contributed by atoms with Crippen molar-refractivity contribution >= 4 is 28.7 Å². The smallest absolute Gasteiger partial charge is 0.328 e. The number of para-hydroxylation sites is 1. The molecular weight excluding hydrogens is 346 g/mol. The molecular formula is C19H19N5O3. The van der Waals surface area contributed by atoms with E-state index in [-0.39, 0.29) is 19.0 Å². The minimum Gasteiger partial charge on any atom is -0.480 e. The first-order chi connectivity index (χ1) is 13.1. The number of amides is 1. The Balaban J connectivity index is 1.64. The fourth-order valence-electron chi connectivity index (χ4n) is 3.54. The summed E-state index contributed by atoms with van der Waals surface area (Å²) in [7, 11) is 1.87. The Hall–Kier alpha value is -3.42. The summed E-state index contributed by atoms with van der Waals surface area (Å²) >= 11 is 0. The zero-order valence-electron chi connectivity index (χ0n) is 14.8. The number of carboxylic acid groups (broad SMARTS) is 1. The van der Waals surface area contributed by atoms with Crippen molar-refractivity contribution in [1.29, 1.82) is 0 Å². The fourth-order valence-corrected chi connectivity index (χ4v) is 3.54. The Morgan fingerprint density at radius 2 is 1.85 bits per heavy atom. The van der Waals surface area contributed by atoms with E-state index in [2.05, 4.69) is 9.97 Å². The quantitative estimate of drug-likeness (QED) is 0.754. The maximum absolute atomic E-state index is 13.2. The Bertz CT molecular complexity index is 1000. The zero-order valence-corrected chi connectivity index (χ0v) is 14.8. The fraction of sp³-hybridized carbons (Fsp3) is 0.263. The molecule has 1 amide bonds. The monoisotopic (exact) mass is 365 g/mol. The molecule has 1 fully saturated rings. The van der Waals surface area contributed by atoms with Crippen LogP contribution in [0.5, 0.6) is 0 Å². The van der Waals surface area contributed by atoms with E-state index < -0.39 is 12.0 Å². The van der Waals surface area contributed by atoms with Gasteiger partial charge in [0.05, 0.1) is 12.1 Å². The summed E-state index contributed by atoms with van der Waals surface area (Å²) in [6, 6.07) is 8.35. The number of anilines is 1. The third-order valence-electron chi connectivity index (χ3n) is 4.89. The van der Waals surface area contributed by atoms with Gasteiger partial charge in [0.1, 0.15) is 6.04 Å². The number of piperazine rings is 1. The van der Waals surface area contributed by atoms with E-state index in [1.165, 1.54) is 4.90 Å². The van der Waals surface area contributed by atoms with Crippen molar-refractivity contribution in [2.45, 2.75) is 6.04 Å². The van der Waals surface area contributed by atoms with Crippen molar-refractivity contribution < 1.29 is 14.7 Å².